The highest BCUT2D eigenvalue weighted by Crippen LogP contribution is 2.31. The van der Waals surface area contributed by atoms with Crippen molar-refractivity contribution < 1.29 is 9.53 Å². The Morgan fingerprint density at radius 3 is 2.78 bits per heavy atom. The van der Waals surface area contributed by atoms with Crippen LogP contribution >= 0.6 is 0 Å². The number of nitrogens with zero attached hydrogens (tertiary/aromatic N) is 3. The standard InChI is InChI=1S/C17H20N4O2/c1-12-2-4-13(5-3-12)16(14-10-19-6-7-20-14)15-11-23-9-8-21(15)17(18)22/h2-7,10,15-16H,8-9,11H2,1H3,(H2,18,22). The second kappa shape index (κ2) is 6.75. The van der Waals surface area contributed by atoms with E-state index in [0.29, 0.717) is 19.8 Å². The van der Waals surface area contributed by atoms with Crippen molar-refractivity contribution in [2.45, 2.75) is 18.9 Å². The largest absolute Gasteiger partial charge is 0.377 e. The number of ether oxygens (including phenoxy) is 1. The lowest BCUT2D eigenvalue weighted by Gasteiger charge is -2.39. The van der Waals surface area contributed by atoms with Gasteiger partial charge in [0, 0.05) is 25.1 Å². The van der Waals surface area contributed by atoms with Crippen LogP contribution in [0.1, 0.15) is 22.7 Å². The summed E-state index contributed by atoms with van der Waals surface area (Å²) in [6, 6.07) is 7.60. The molecule has 1 saturated heterocycles. The molecular formula is C17H20N4O2. The van der Waals surface area contributed by atoms with Crippen molar-refractivity contribution in [3.05, 3.63) is 59.7 Å². The maximum Gasteiger partial charge on any atom is 0.315 e. The van der Waals surface area contributed by atoms with Gasteiger partial charge in [0.2, 0.25) is 0 Å². The number of urea groups is 1. The molecule has 0 saturated carbocycles. The van der Waals surface area contributed by atoms with Crippen molar-refractivity contribution in [3.8, 4) is 0 Å². The number of rotatable bonds is 3. The van der Waals surface area contributed by atoms with Crippen molar-refractivity contribution >= 4 is 6.03 Å². The summed E-state index contributed by atoms with van der Waals surface area (Å²) in [7, 11) is 0. The zero-order valence-electron chi connectivity index (χ0n) is 13.1. The highest BCUT2D eigenvalue weighted by atomic mass is 16.5. The number of morpholine rings is 1. The fourth-order valence-electron chi connectivity index (χ4n) is 3.01. The molecule has 120 valence electrons. The topological polar surface area (TPSA) is 81.3 Å². The van der Waals surface area contributed by atoms with Gasteiger partial charge in [-0.1, -0.05) is 29.8 Å². The monoisotopic (exact) mass is 312 g/mol. The van der Waals surface area contributed by atoms with Gasteiger partial charge in [0.05, 0.1) is 30.9 Å². The highest BCUT2D eigenvalue weighted by Gasteiger charge is 2.35. The molecule has 1 aromatic carbocycles. The Kier molecular flexibility index (Phi) is 4.52. The molecule has 6 heteroatoms. The van der Waals surface area contributed by atoms with Crippen LogP contribution in [0.4, 0.5) is 4.79 Å². The second-order valence-electron chi connectivity index (χ2n) is 5.69. The average molecular weight is 312 g/mol. The summed E-state index contributed by atoms with van der Waals surface area (Å²) in [6.45, 7) is 3.46. The number of primary amides is 1. The maximum atomic E-state index is 11.8. The van der Waals surface area contributed by atoms with Gasteiger partial charge in [-0.15, -0.1) is 0 Å². The Morgan fingerprint density at radius 2 is 2.13 bits per heavy atom. The lowest BCUT2D eigenvalue weighted by atomic mass is 9.87. The van der Waals surface area contributed by atoms with Gasteiger partial charge >= 0.3 is 6.03 Å². The van der Waals surface area contributed by atoms with E-state index < -0.39 is 6.03 Å². The fraction of sp³-hybridized carbons (Fsp3) is 0.353. The third-order valence-corrected chi connectivity index (χ3v) is 4.17. The Labute approximate surface area is 135 Å². The smallest absolute Gasteiger partial charge is 0.315 e. The van der Waals surface area contributed by atoms with E-state index in [1.54, 1.807) is 23.5 Å². The second-order valence-corrected chi connectivity index (χ2v) is 5.69. The molecular weight excluding hydrogens is 292 g/mol. The van der Waals surface area contributed by atoms with Crippen molar-refractivity contribution in [2.75, 3.05) is 19.8 Å². The molecule has 2 amide bonds. The number of carbonyl (C=O) groups is 1. The molecule has 6 nitrogen and oxygen atoms in total. The molecule has 0 spiro atoms. The summed E-state index contributed by atoms with van der Waals surface area (Å²) in [4.78, 5) is 22.1. The number of hydrogen-bond donors (Lipinski definition) is 1. The van der Waals surface area contributed by atoms with Gasteiger partial charge in [-0.25, -0.2) is 4.79 Å². The van der Waals surface area contributed by atoms with Crippen LogP contribution in [-0.4, -0.2) is 46.7 Å². The van der Waals surface area contributed by atoms with E-state index in [9.17, 15) is 4.79 Å². The number of benzene rings is 1. The summed E-state index contributed by atoms with van der Waals surface area (Å²) < 4.78 is 5.61. The van der Waals surface area contributed by atoms with Crippen molar-refractivity contribution in [3.63, 3.8) is 0 Å². The Morgan fingerprint density at radius 1 is 1.35 bits per heavy atom. The first-order valence-corrected chi connectivity index (χ1v) is 7.63. The predicted molar refractivity (Wildman–Crippen MR) is 86.0 cm³/mol. The highest BCUT2D eigenvalue weighted by molar-refractivity contribution is 5.72. The van der Waals surface area contributed by atoms with Crippen LogP contribution in [0.3, 0.4) is 0 Å². The van der Waals surface area contributed by atoms with Crippen LogP contribution in [0, 0.1) is 6.92 Å². The van der Waals surface area contributed by atoms with Crippen LogP contribution in [0.15, 0.2) is 42.9 Å². The van der Waals surface area contributed by atoms with Gasteiger partial charge in [-0.2, -0.15) is 0 Å². The van der Waals surface area contributed by atoms with Crippen molar-refractivity contribution in [1.29, 1.82) is 0 Å². The molecule has 1 aliphatic rings. The van der Waals surface area contributed by atoms with E-state index in [4.69, 9.17) is 10.5 Å². The minimum Gasteiger partial charge on any atom is -0.377 e. The lowest BCUT2D eigenvalue weighted by Crippen LogP contribution is -2.53. The average Bonchev–Trinajstić information content (AvgIpc) is 2.58. The van der Waals surface area contributed by atoms with Gasteiger partial charge < -0.3 is 15.4 Å². The van der Waals surface area contributed by atoms with E-state index in [0.717, 1.165) is 11.3 Å². The van der Waals surface area contributed by atoms with E-state index in [1.807, 2.05) is 6.92 Å². The number of carbonyl (C=O) groups excluding carboxylic acids is 1. The van der Waals surface area contributed by atoms with Gasteiger partial charge in [0.25, 0.3) is 0 Å². The summed E-state index contributed by atoms with van der Waals surface area (Å²) in [5, 5.41) is 0. The number of aromatic nitrogens is 2. The van der Waals surface area contributed by atoms with E-state index in [2.05, 4.69) is 34.2 Å². The molecule has 2 unspecified atom stereocenters. The molecule has 0 bridgehead atoms. The summed E-state index contributed by atoms with van der Waals surface area (Å²) in [5.41, 5.74) is 8.62. The third kappa shape index (κ3) is 3.32. The molecule has 2 N–H and O–H groups in total. The maximum absolute atomic E-state index is 11.8. The van der Waals surface area contributed by atoms with E-state index >= 15 is 0 Å². The van der Waals surface area contributed by atoms with Crippen molar-refractivity contribution in [1.82, 2.24) is 14.9 Å². The van der Waals surface area contributed by atoms with Crippen LogP contribution in [-0.2, 0) is 4.74 Å². The fourth-order valence-corrected chi connectivity index (χ4v) is 3.01. The van der Waals surface area contributed by atoms with Crippen molar-refractivity contribution in [2.24, 2.45) is 5.73 Å². The number of nitrogens with two attached hydrogens (primary N) is 1. The quantitative estimate of drug-likeness (QED) is 0.935. The van der Waals surface area contributed by atoms with Gasteiger partial charge in [-0.05, 0) is 12.5 Å². The summed E-state index contributed by atoms with van der Waals surface area (Å²) in [6.07, 6.45) is 5.03. The van der Waals surface area contributed by atoms with E-state index in [1.165, 1.54) is 5.56 Å². The molecule has 2 heterocycles. The molecule has 1 aliphatic heterocycles. The van der Waals surface area contributed by atoms with Crippen LogP contribution in [0.2, 0.25) is 0 Å². The molecule has 0 aliphatic carbocycles. The Bertz CT molecular complexity index is 660. The minimum absolute atomic E-state index is 0.128. The van der Waals surface area contributed by atoms with Crippen LogP contribution in [0.25, 0.3) is 0 Å². The van der Waals surface area contributed by atoms with Gasteiger partial charge in [0.1, 0.15) is 0 Å². The zero-order chi connectivity index (χ0) is 16.2. The van der Waals surface area contributed by atoms with Crippen LogP contribution in [0.5, 0.6) is 0 Å². The molecule has 3 rings (SSSR count). The summed E-state index contributed by atoms with van der Waals surface area (Å²) >= 11 is 0. The predicted octanol–water partition coefficient (Wildman–Crippen LogP) is 1.70. The SMILES string of the molecule is Cc1ccc(C(c2cnccn2)C2COCCN2C(N)=O)cc1. The minimum atomic E-state index is -0.431. The molecule has 2 aromatic rings. The Balaban J connectivity index is 2.04. The third-order valence-electron chi connectivity index (χ3n) is 4.17. The first kappa shape index (κ1) is 15.4. The first-order valence-electron chi connectivity index (χ1n) is 7.63. The molecule has 1 aromatic heterocycles. The Hall–Kier alpha value is -2.47. The number of hydrogen-bond acceptors (Lipinski definition) is 4. The van der Waals surface area contributed by atoms with Gasteiger partial charge in [0.15, 0.2) is 0 Å². The molecule has 2 atom stereocenters. The molecule has 0 radical (unpaired) electrons. The first-order chi connectivity index (χ1) is 11.2. The zero-order valence-corrected chi connectivity index (χ0v) is 13.1. The van der Waals surface area contributed by atoms with Crippen LogP contribution < -0.4 is 5.73 Å². The molecule has 23 heavy (non-hydrogen) atoms. The number of amides is 2. The number of aryl methyl sites for hydroxylation is 1. The van der Waals surface area contributed by atoms with E-state index in [-0.39, 0.29) is 12.0 Å². The summed E-state index contributed by atoms with van der Waals surface area (Å²) in [5.74, 6) is -0.128. The normalized spacial score (nSPS) is 19.3. The lowest BCUT2D eigenvalue weighted by molar-refractivity contribution is 0.00843. The van der Waals surface area contributed by atoms with Gasteiger partial charge in [-0.3, -0.25) is 9.97 Å². The molecule has 1 fully saturated rings.